The molecule has 3 heteroatoms. The lowest BCUT2D eigenvalue weighted by Crippen LogP contribution is -1.79. The van der Waals surface area contributed by atoms with Gasteiger partial charge in [-0.2, -0.15) is 0 Å². The minimum Gasteiger partial charge on any atom is -0.508 e. The number of fused-ring (bicyclic) bond motifs is 10. The van der Waals surface area contributed by atoms with Crippen LogP contribution in [0.25, 0.3) is 60.0 Å². The first kappa shape index (κ1) is 13.5. The maximum Gasteiger partial charge on any atom is 0.145 e. The maximum atomic E-state index is 10.1. The summed E-state index contributed by atoms with van der Waals surface area (Å²) < 4.78 is 8.62. The van der Waals surface area contributed by atoms with E-state index in [9.17, 15) is 5.11 Å². The summed E-state index contributed by atoms with van der Waals surface area (Å²) in [5.41, 5.74) is 5.25. The quantitative estimate of drug-likeness (QED) is 0.343. The van der Waals surface area contributed by atoms with Crippen molar-refractivity contribution in [1.82, 2.24) is 4.40 Å². The van der Waals surface area contributed by atoms with Gasteiger partial charge in [0, 0.05) is 26.9 Å². The smallest absolute Gasteiger partial charge is 0.145 e. The van der Waals surface area contributed by atoms with Gasteiger partial charge in [-0.05, 0) is 36.4 Å². The fourth-order valence-corrected chi connectivity index (χ4v) is 4.72. The summed E-state index contributed by atoms with van der Waals surface area (Å²) in [6.45, 7) is 0. The first-order chi connectivity index (χ1) is 13.3. The third-order valence-corrected chi connectivity index (χ3v) is 5.79. The molecule has 3 nitrogen and oxygen atoms in total. The molecular formula is C24H13NO2. The van der Waals surface area contributed by atoms with Crippen LogP contribution >= 0.6 is 0 Å². The van der Waals surface area contributed by atoms with E-state index in [-0.39, 0.29) is 5.75 Å². The molecule has 1 N–H and O–H groups in total. The van der Waals surface area contributed by atoms with Gasteiger partial charge in [0.05, 0.1) is 21.9 Å². The zero-order valence-electron chi connectivity index (χ0n) is 14.2. The Kier molecular flexibility index (Phi) is 2.16. The van der Waals surface area contributed by atoms with Crippen LogP contribution in [-0.4, -0.2) is 9.51 Å². The number of rotatable bonds is 0. The van der Waals surface area contributed by atoms with E-state index in [0.717, 1.165) is 54.6 Å². The van der Waals surface area contributed by atoms with Gasteiger partial charge in [0.25, 0.3) is 0 Å². The van der Waals surface area contributed by atoms with Gasteiger partial charge in [-0.3, -0.25) is 0 Å². The molecule has 0 unspecified atom stereocenters. The highest BCUT2D eigenvalue weighted by molar-refractivity contribution is 6.32. The van der Waals surface area contributed by atoms with Gasteiger partial charge >= 0.3 is 0 Å². The van der Waals surface area contributed by atoms with Gasteiger partial charge in [-0.1, -0.05) is 36.4 Å². The number of aromatic hydroxyl groups is 1. The van der Waals surface area contributed by atoms with Crippen LogP contribution in [0.15, 0.2) is 77.2 Å². The third-order valence-electron chi connectivity index (χ3n) is 5.79. The molecule has 0 spiro atoms. The fraction of sp³-hybridized carbons (Fsp3) is 0. The lowest BCUT2D eigenvalue weighted by molar-refractivity contribution is 0.476. The molecule has 0 aliphatic carbocycles. The predicted molar refractivity (Wildman–Crippen MR) is 110 cm³/mol. The van der Waals surface area contributed by atoms with Crippen LogP contribution in [0, 0.1) is 0 Å². The van der Waals surface area contributed by atoms with E-state index in [1.54, 1.807) is 6.07 Å². The highest BCUT2D eigenvalue weighted by Crippen LogP contribution is 2.45. The summed E-state index contributed by atoms with van der Waals surface area (Å²) in [4.78, 5) is 0. The van der Waals surface area contributed by atoms with Gasteiger partial charge in [0.15, 0.2) is 0 Å². The standard InChI is InChI=1S/C24H13NO2/c26-13-9-10-20-16(11-13)17-12-18-14-5-2-4-8-21(14)27-24(18)22-15-6-1-3-7-19(15)25(20)23(17)22/h1-12,26H. The van der Waals surface area contributed by atoms with E-state index in [4.69, 9.17) is 4.42 Å². The van der Waals surface area contributed by atoms with E-state index < -0.39 is 0 Å². The van der Waals surface area contributed by atoms with Crippen molar-refractivity contribution in [2.24, 2.45) is 0 Å². The van der Waals surface area contributed by atoms with Crippen molar-refractivity contribution in [3.05, 3.63) is 72.8 Å². The highest BCUT2D eigenvalue weighted by Gasteiger charge is 2.22. The Morgan fingerprint density at radius 3 is 2.37 bits per heavy atom. The molecule has 0 aliphatic heterocycles. The number of nitrogens with zero attached hydrogens (tertiary/aromatic N) is 1. The molecule has 3 aromatic heterocycles. The fourth-order valence-electron chi connectivity index (χ4n) is 4.72. The van der Waals surface area contributed by atoms with Gasteiger partial charge in [0.2, 0.25) is 0 Å². The number of furan rings is 1. The summed E-state index contributed by atoms with van der Waals surface area (Å²) in [6.07, 6.45) is 0. The lowest BCUT2D eigenvalue weighted by Gasteiger charge is -1.98. The largest absolute Gasteiger partial charge is 0.508 e. The van der Waals surface area contributed by atoms with Crippen molar-refractivity contribution >= 4 is 60.0 Å². The van der Waals surface area contributed by atoms with E-state index in [2.05, 4.69) is 40.8 Å². The van der Waals surface area contributed by atoms with Gasteiger partial charge in [-0.15, -0.1) is 0 Å². The Labute approximate surface area is 153 Å². The second kappa shape index (κ2) is 4.33. The third kappa shape index (κ3) is 1.46. The normalized spacial score (nSPS) is 12.6. The topological polar surface area (TPSA) is 37.8 Å². The number of phenolic OH excluding ortho intramolecular Hbond substituents is 1. The van der Waals surface area contributed by atoms with Crippen LogP contribution in [0.2, 0.25) is 0 Å². The molecule has 0 amide bonds. The summed E-state index contributed by atoms with van der Waals surface area (Å²) in [7, 11) is 0. The van der Waals surface area contributed by atoms with Gasteiger partial charge < -0.3 is 13.9 Å². The summed E-state index contributed by atoms with van der Waals surface area (Å²) in [5, 5.41) is 16.9. The van der Waals surface area contributed by atoms with Crippen LogP contribution in [0.4, 0.5) is 0 Å². The second-order valence-electron chi connectivity index (χ2n) is 7.18. The second-order valence-corrected chi connectivity index (χ2v) is 7.18. The van der Waals surface area contributed by atoms with Gasteiger partial charge in [-0.25, -0.2) is 0 Å². The molecule has 4 aromatic carbocycles. The molecule has 0 saturated carbocycles. The van der Waals surface area contributed by atoms with Crippen LogP contribution in [0.5, 0.6) is 5.75 Å². The van der Waals surface area contributed by atoms with Crippen LogP contribution < -0.4 is 0 Å². The summed E-state index contributed by atoms with van der Waals surface area (Å²) >= 11 is 0. The van der Waals surface area contributed by atoms with E-state index in [0.29, 0.717) is 0 Å². The Morgan fingerprint density at radius 1 is 0.667 bits per heavy atom. The average molecular weight is 347 g/mol. The Bertz CT molecular complexity index is 1680. The number of para-hydroxylation sites is 2. The van der Waals surface area contributed by atoms with Crippen LogP contribution in [-0.2, 0) is 0 Å². The molecule has 0 fully saturated rings. The average Bonchev–Trinajstić information content (AvgIpc) is 3.33. The lowest BCUT2D eigenvalue weighted by atomic mass is 10.0. The molecule has 27 heavy (non-hydrogen) atoms. The Hall–Kier alpha value is -3.72. The van der Waals surface area contributed by atoms with Crippen LogP contribution in [0.3, 0.4) is 0 Å². The molecule has 0 bridgehead atoms. The molecule has 0 atom stereocenters. The molecule has 126 valence electrons. The molecule has 0 aliphatic rings. The predicted octanol–water partition coefficient (Wildman–Crippen LogP) is 6.44. The molecular weight excluding hydrogens is 334 g/mol. The Balaban J connectivity index is 1.94. The van der Waals surface area contributed by atoms with Gasteiger partial charge in [0.1, 0.15) is 16.9 Å². The number of hydrogen-bond donors (Lipinski definition) is 1. The highest BCUT2D eigenvalue weighted by atomic mass is 16.3. The zero-order chi connectivity index (χ0) is 17.7. The zero-order valence-corrected chi connectivity index (χ0v) is 14.2. The van der Waals surface area contributed by atoms with Crippen molar-refractivity contribution in [3.8, 4) is 5.75 Å². The van der Waals surface area contributed by atoms with E-state index in [1.807, 2.05) is 30.3 Å². The van der Waals surface area contributed by atoms with Crippen molar-refractivity contribution in [3.63, 3.8) is 0 Å². The molecule has 3 heterocycles. The first-order valence-corrected chi connectivity index (χ1v) is 9.02. The van der Waals surface area contributed by atoms with E-state index >= 15 is 0 Å². The summed E-state index contributed by atoms with van der Waals surface area (Å²) in [5.74, 6) is 0.286. The summed E-state index contributed by atoms with van der Waals surface area (Å²) in [6, 6.07) is 24.5. The molecule has 0 radical (unpaired) electrons. The van der Waals surface area contributed by atoms with Crippen molar-refractivity contribution < 1.29 is 9.52 Å². The first-order valence-electron chi connectivity index (χ1n) is 9.02. The van der Waals surface area contributed by atoms with Crippen molar-refractivity contribution in [2.75, 3.05) is 0 Å². The monoisotopic (exact) mass is 347 g/mol. The van der Waals surface area contributed by atoms with Crippen molar-refractivity contribution in [1.29, 1.82) is 0 Å². The Morgan fingerprint density at radius 2 is 1.44 bits per heavy atom. The molecule has 7 aromatic rings. The molecule has 0 saturated heterocycles. The number of benzene rings is 4. The van der Waals surface area contributed by atoms with Crippen LogP contribution in [0.1, 0.15) is 0 Å². The van der Waals surface area contributed by atoms with E-state index in [1.165, 1.54) is 5.39 Å². The van der Waals surface area contributed by atoms with Crippen molar-refractivity contribution in [2.45, 2.75) is 0 Å². The number of aromatic nitrogens is 1. The number of phenols is 1. The SMILES string of the molecule is Oc1ccc2c(c1)c1cc3c4ccccc4oc3c3c4ccccc4n2c13. The maximum absolute atomic E-state index is 10.1. The minimum atomic E-state index is 0.286. The molecule has 7 rings (SSSR count). The number of hydrogen-bond acceptors (Lipinski definition) is 2. The minimum absolute atomic E-state index is 0.286.